The third-order valence-corrected chi connectivity index (χ3v) is 2.57. The van der Waals surface area contributed by atoms with Gasteiger partial charge < -0.3 is 10.2 Å². The number of hydrogen-bond acceptors (Lipinski definition) is 3. The van der Waals surface area contributed by atoms with Crippen LogP contribution in [0.4, 0.5) is 0 Å². The monoisotopic (exact) mass is 219 g/mol. The summed E-state index contributed by atoms with van der Waals surface area (Å²) < 4.78 is 66.2. The molecule has 2 aliphatic heterocycles. The van der Waals surface area contributed by atoms with Gasteiger partial charge in [-0.1, -0.05) is 0 Å². The van der Waals surface area contributed by atoms with Crippen molar-refractivity contribution in [2.45, 2.75) is 26.3 Å². The summed E-state index contributed by atoms with van der Waals surface area (Å²) in [6.07, 6.45) is 0. The number of nitrogens with zero attached hydrogens (tertiary/aromatic N) is 2. The minimum Gasteiger partial charge on any atom is -0.316 e. The molecular weight excluding hydrogens is 186 g/mol. The van der Waals surface area contributed by atoms with Gasteiger partial charge in [-0.25, -0.2) is 0 Å². The molecule has 3 nitrogen and oxygen atoms in total. The summed E-state index contributed by atoms with van der Waals surface area (Å²) >= 11 is 0. The van der Waals surface area contributed by atoms with Gasteiger partial charge in [0, 0.05) is 62.1 Å². The van der Waals surface area contributed by atoms with E-state index in [0.717, 1.165) is 4.90 Å². The first-order chi connectivity index (χ1) is 10.1. The van der Waals surface area contributed by atoms with Gasteiger partial charge in [-0.3, -0.25) is 4.90 Å². The summed E-state index contributed by atoms with van der Waals surface area (Å²) in [5.41, 5.74) is -1.10. The molecule has 0 unspecified atom stereocenters. The van der Waals surface area contributed by atoms with Gasteiger partial charge in [0.1, 0.15) is 0 Å². The standard InChI is InChI=1S/C12H25N3/c1-12(2,3)15-6-4-14(5-7-15)10-11-8-13-9-11/h11,13H,4-10H2,1-3H3/i4D2,5D2,6D2,7D2. The maximum atomic E-state index is 8.28. The average Bonchev–Trinajstić information content (AvgIpc) is 2.21. The van der Waals surface area contributed by atoms with Gasteiger partial charge in [0.2, 0.25) is 0 Å². The molecule has 2 aliphatic rings. The van der Waals surface area contributed by atoms with Crippen LogP contribution in [0.25, 0.3) is 0 Å². The molecule has 0 amide bonds. The molecule has 0 aromatic heterocycles. The van der Waals surface area contributed by atoms with Crippen molar-refractivity contribution in [1.29, 1.82) is 0 Å². The lowest BCUT2D eigenvalue weighted by Gasteiger charge is -2.43. The molecule has 0 radical (unpaired) electrons. The van der Waals surface area contributed by atoms with Crippen LogP contribution >= 0.6 is 0 Å². The van der Waals surface area contributed by atoms with Crippen molar-refractivity contribution in [3.8, 4) is 0 Å². The topological polar surface area (TPSA) is 18.5 Å². The van der Waals surface area contributed by atoms with Crippen molar-refractivity contribution < 1.29 is 11.0 Å². The molecular formula is C12H25N3. The molecule has 0 aliphatic carbocycles. The van der Waals surface area contributed by atoms with Crippen molar-refractivity contribution >= 4 is 0 Å². The highest BCUT2D eigenvalue weighted by Gasteiger charge is 2.27. The summed E-state index contributed by atoms with van der Waals surface area (Å²) in [5, 5.41) is 3.01. The van der Waals surface area contributed by atoms with Crippen LogP contribution in [0.1, 0.15) is 31.7 Å². The van der Waals surface area contributed by atoms with Crippen LogP contribution in [-0.4, -0.2) is 61.0 Å². The zero-order valence-corrected chi connectivity index (χ0v) is 9.59. The van der Waals surface area contributed by atoms with Crippen LogP contribution < -0.4 is 5.32 Å². The molecule has 3 heteroatoms. The van der Waals surface area contributed by atoms with Crippen LogP contribution in [0.15, 0.2) is 0 Å². The predicted octanol–water partition coefficient (Wildman–Crippen LogP) is 0.622. The minimum absolute atomic E-state index is 0.0204. The Kier molecular flexibility index (Phi) is 1.47. The van der Waals surface area contributed by atoms with Crippen molar-refractivity contribution in [2.24, 2.45) is 5.92 Å². The predicted molar refractivity (Wildman–Crippen MR) is 64.1 cm³/mol. The van der Waals surface area contributed by atoms with Gasteiger partial charge in [0.25, 0.3) is 0 Å². The lowest BCUT2D eigenvalue weighted by atomic mass is 10.0. The summed E-state index contributed by atoms with van der Waals surface area (Å²) in [7, 11) is 0. The molecule has 0 saturated carbocycles. The van der Waals surface area contributed by atoms with Crippen molar-refractivity contribution in [2.75, 3.05) is 45.6 Å². The highest BCUT2D eigenvalue weighted by Crippen LogP contribution is 2.16. The second-order valence-electron chi connectivity index (χ2n) is 5.09. The van der Waals surface area contributed by atoms with Gasteiger partial charge in [-0.2, -0.15) is 0 Å². The van der Waals surface area contributed by atoms with Crippen molar-refractivity contribution in [3.05, 3.63) is 0 Å². The quantitative estimate of drug-likeness (QED) is 0.735. The molecule has 2 rings (SSSR count). The van der Waals surface area contributed by atoms with E-state index in [4.69, 9.17) is 11.0 Å². The molecule has 0 aromatic rings. The van der Waals surface area contributed by atoms with Crippen molar-refractivity contribution in [3.63, 3.8) is 0 Å². The first-order valence-electron chi connectivity index (χ1n) is 9.37. The lowest BCUT2D eigenvalue weighted by Crippen LogP contribution is -2.56. The molecule has 15 heavy (non-hydrogen) atoms. The van der Waals surface area contributed by atoms with E-state index >= 15 is 0 Å². The van der Waals surface area contributed by atoms with Gasteiger partial charge in [-0.05, 0) is 26.7 Å². The molecule has 1 N–H and O–H groups in total. The van der Waals surface area contributed by atoms with E-state index in [0.29, 0.717) is 18.0 Å². The number of nitrogens with one attached hydrogen (secondary N) is 1. The van der Waals surface area contributed by atoms with E-state index < -0.39 is 31.5 Å². The minimum atomic E-state index is -2.70. The SMILES string of the molecule is [2H]C1([2H])N(CC2CNC2)C([2H])([2H])C([2H])([2H])N(C(C)(C)C)C1([2H])[2H]. The zero-order chi connectivity index (χ0) is 18.1. The van der Waals surface area contributed by atoms with E-state index in [1.165, 1.54) is 0 Å². The van der Waals surface area contributed by atoms with Gasteiger partial charge in [-0.15, -0.1) is 0 Å². The highest BCUT2D eigenvalue weighted by atomic mass is 15.3. The second kappa shape index (κ2) is 4.40. The maximum absolute atomic E-state index is 8.28. The number of hydrogen-bond donors (Lipinski definition) is 1. The zero-order valence-electron chi connectivity index (χ0n) is 17.6. The van der Waals surface area contributed by atoms with Gasteiger partial charge in [0.15, 0.2) is 0 Å². The Labute approximate surface area is 105 Å². The molecule has 2 saturated heterocycles. The van der Waals surface area contributed by atoms with Gasteiger partial charge >= 0.3 is 0 Å². The fourth-order valence-corrected chi connectivity index (χ4v) is 1.44. The van der Waals surface area contributed by atoms with Crippen molar-refractivity contribution in [1.82, 2.24) is 15.1 Å². The Balaban J connectivity index is 2.55. The Bertz CT molecular complexity index is 441. The number of piperazine rings is 1. The maximum Gasteiger partial charge on any atom is 0.0444 e. The molecule has 88 valence electrons. The molecule has 0 spiro atoms. The van der Waals surface area contributed by atoms with Crippen LogP contribution in [-0.2, 0) is 0 Å². The van der Waals surface area contributed by atoms with Crippen LogP contribution in [0.2, 0.25) is 0 Å². The van der Waals surface area contributed by atoms with E-state index in [-0.39, 0.29) is 12.5 Å². The Morgan fingerprint density at radius 1 is 1.20 bits per heavy atom. The highest BCUT2D eigenvalue weighted by molar-refractivity contribution is 4.84. The average molecular weight is 219 g/mol. The number of rotatable bonds is 2. The lowest BCUT2D eigenvalue weighted by molar-refractivity contribution is 0.0508. The summed E-state index contributed by atoms with van der Waals surface area (Å²) in [4.78, 5) is 1.43. The van der Waals surface area contributed by atoms with E-state index in [2.05, 4.69) is 5.32 Å². The molecule has 0 bridgehead atoms. The summed E-state index contributed by atoms with van der Waals surface area (Å²) in [5.74, 6) is -0.0204. The first kappa shape index (κ1) is 5.03. The summed E-state index contributed by atoms with van der Waals surface area (Å²) in [6, 6.07) is 0. The smallest absolute Gasteiger partial charge is 0.0444 e. The van der Waals surface area contributed by atoms with Crippen LogP contribution in [0, 0.1) is 5.92 Å². The normalized spacial score (nSPS) is 47.9. The first-order valence-corrected chi connectivity index (χ1v) is 5.37. The second-order valence-corrected chi connectivity index (χ2v) is 5.09. The molecule has 0 atom stereocenters. The summed E-state index contributed by atoms with van der Waals surface area (Å²) in [6.45, 7) is -4.93. The Morgan fingerprint density at radius 3 is 2.20 bits per heavy atom. The molecule has 2 fully saturated rings. The fourth-order valence-electron chi connectivity index (χ4n) is 1.44. The van der Waals surface area contributed by atoms with E-state index in [1.807, 2.05) is 0 Å². The third kappa shape index (κ3) is 2.92. The van der Waals surface area contributed by atoms with Crippen LogP contribution in [0.5, 0.6) is 0 Å². The van der Waals surface area contributed by atoms with E-state index in [1.54, 1.807) is 20.8 Å². The Morgan fingerprint density at radius 2 is 1.80 bits per heavy atom. The third-order valence-electron chi connectivity index (χ3n) is 2.57. The van der Waals surface area contributed by atoms with E-state index in [9.17, 15) is 0 Å². The molecule has 0 aromatic carbocycles. The largest absolute Gasteiger partial charge is 0.316 e. The van der Waals surface area contributed by atoms with Crippen LogP contribution in [0.3, 0.4) is 0 Å². The Hall–Kier alpha value is -0.120. The van der Waals surface area contributed by atoms with Gasteiger partial charge in [0.05, 0.1) is 0 Å². The molecule has 2 heterocycles. The fraction of sp³-hybridized carbons (Fsp3) is 1.00.